The van der Waals surface area contributed by atoms with E-state index in [1.54, 1.807) is 0 Å². The van der Waals surface area contributed by atoms with Gasteiger partial charge in [-0.2, -0.15) is 0 Å². The van der Waals surface area contributed by atoms with E-state index in [4.69, 9.17) is 0 Å². The molecule has 0 bridgehead atoms. The first kappa shape index (κ1) is 16.5. The molecule has 1 fully saturated rings. The molecule has 0 N–H and O–H groups in total. The van der Waals surface area contributed by atoms with Gasteiger partial charge in [-0.25, -0.2) is 0 Å². The van der Waals surface area contributed by atoms with Gasteiger partial charge in [0.2, 0.25) is 0 Å². The van der Waals surface area contributed by atoms with E-state index < -0.39 is 0 Å². The van der Waals surface area contributed by atoms with E-state index in [2.05, 4.69) is 64.9 Å². The number of nitrogens with zero attached hydrogens (tertiary/aromatic N) is 1. The lowest BCUT2D eigenvalue weighted by Crippen LogP contribution is -2.49. The molecule has 1 heteroatoms. The van der Waals surface area contributed by atoms with Crippen LogP contribution in [0, 0.1) is 25.7 Å². The quantitative estimate of drug-likeness (QED) is 0.754. The molecule has 0 atom stereocenters. The van der Waals surface area contributed by atoms with Crippen LogP contribution in [-0.4, -0.2) is 24.5 Å². The van der Waals surface area contributed by atoms with Crippen LogP contribution in [0.15, 0.2) is 18.2 Å². The summed E-state index contributed by atoms with van der Waals surface area (Å²) in [5.74, 6) is 1.77. The van der Waals surface area contributed by atoms with E-state index in [0.717, 1.165) is 11.8 Å². The summed E-state index contributed by atoms with van der Waals surface area (Å²) in [6.07, 6.45) is 6.67. The van der Waals surface area contributed by atoms with Crippen LogP contribution in [0.5, 0.6) is 0 Å². The first-order chi connectivity index (χ1) is 9.84. The number of benzene rings is 1. The van der Waals surface area contributed by atoms with Crippen LogP contribution >= 0.6 is 0 Å². The number of rotatable bonds is 4. The fourth-order valence-corrected chi connectivity index (χ4v) is 4.02. The van der Waals surface area contributed by atoms with Crippen LogP contribution in [0.1, 0.15) is 56.2 Å². The molecule has 0 saturated heterocycles. The third kappa shape index (κ3) is 3.69. The summed E-state index contributed by atoms with van der Waals surface area (Å²) >= 11 is 0. The zero-order chi connectivity index (χ0) is 15.6. The van der Waals surface area contributed by atoms with Crippen molar-refractivity contribution >= 4 is 0 Å². The number of hydrogen-bond donors (Lipinski definition) is 0. The molecule has 1 aliphatic carbocycles. The second-order valence-corrected chi connectivity index (χ2v) is 7.81. The van der Waals surface area contributed by atoms with Gasteiger partial charge in [0.1, 0.15) is 0 Å². The Morgan fingerprint density at radius 1 is 1.14 bits per heavy atom. The van der Waals surface area contributed by atoms with Crippen molar-refractivity contribution in [2.45, 2.75) is 65.3 Å². The van der Waals surface area contributed by atoms with Gasteiger partial charge in [0.25, 0.3) is 0 Å². The van der Waals surface area contributed by atoms with Gasteiger partial charge in [-0.15, -0.1) is 0 Å². The van der Waals surface area contributed by atoms with E-state index in [1.165, 1.54) is 48.8 Å². The average molecular weight is 287 g/mol. The first-order valence-corrected chi connectivity index (χ1v) is 8.57. The van der Waals surface area contributed by atoms with Crippen molar-refractivity contribution in [1.29, 1.82) is 0 Å². The summed E-state index contributed by atoms with van der Waals surface area (Å²) in [6, 6.07) is 6.95. The van der Waals surface area contributed by atoms with Crippen LogP contribution < -0.4 is 0 Å². The molecule has 1 aromatic carbocycles. The number of likely N-dealkylation sites (N-methyl/N-ethyl adjacent to an activating group) is 1. The van der Waals surface area contributed by atoms with Gasteiger partial charge < -0.3 is 4.90 Å². The summed E-state index contributed by atoms with van der Waals surface area (Å²) in [7, 11) is 4.55. The van der Waals surface area contributed by atoms with Crippen molar-refractivity contribution in [1.82, 2.24) is 4.90 Å². The zero-order valence-corrected chi connectivity index (χ0v) is 14.9. The smallest absolute Gasteiger partial charge is 0.0244 e. The van der Waals surface area contributed by atoms with Gasteiger partial charge in [0, 0.05) is 5.54 Å². The first-order valence-electron chi connectivity index (χ1n) is 8.57. The van der Waals surface area contributed by atoms with E-state index in [-0.39, 0.29) is 0 Å². The molecule has 21 heavy (non-hydrogen) atoms. The Kier molecular flexibility index (Phi) is 5.14. The second kappa shape index (κ2) is 6.52. The second-order valence-electron chi connectivity index (χ2n) is 7.81. The van der Waals surface area contributed by atoms with Gasteiger partial charge in [-0.05, 0) is 83.0 Å². The zero-order valence-electron chi connectivity index (χ0n) is 14.9. The van der Waals surface area contributed by atoms with Gasteiger partial charge in [-0.1, -0.05) is 37.6 Å². The Bertz CT molecular complexity index is 465. The molecule has 2 rings (SSSR count). The maximum Gasteiger partial charge on any atom is 0.0244 e. The molecule has 0 unspecified atom stereocenters. The molecule has 0 aromatic heterocycles. The van der Waals surface area contributed by atoms with Crippen LogP contribution in [-0.2, 0) is 6.42 Å². The molecule has 0 spiro atoms. The van der Waals surface area contributed by atoms with Crippen molar-refractivity contribution in [2.75, 3.05) is 14.1 Å². The monoisotopic (exact) mass is 287 g/mol. The van der Waals surface area contributed by atoms with Gasteiger partial charge in [0.05, 0.1) is 0 Å². The molecular formula is C20H33N. The van der Waals surface area contributed by atoms with Gasteiger partial charge in [-0.3, -0.25) is 0 Å². The van der Waals surface area contributed by atoms with Crippen molar-refractivity contribution in [3.63, 3.8) is 0 Å². The van der Waals surface area contributed by atoms with Gasteiger partial charge >= 0.3 is 0 Å². The topological polar surface area (TPSA) is 3.24 Å². The lowest BCUT2D eigenvalue weighted by Gasteiger charge is -2.46. The Balaban J connectivity index is 2.17. The number of aryl methyl sites for hydroxylation is 2. The summed E-state index contributed by atoms with van der Waals surface area (Å²) in [5.41, 5.74) is 4.74. The third-order valence-corrected chi connectivity index (χ3v) is 5.87. The highest BCUT2D eigenvalue weighted by Crippen LogP contribution is 2.40. The fraction of sp³-hybridized carbons (Fsp3) is 0.700. The molecule has 0 aliphatic heterocycles. The minimum absolute atomic E-state index is 0.366. The van der Waals surface area contributed by atoms with E-state index in [9.17, 15) is 0 Å². The molecule has 1 nitrogen and oxygen atoms in total. The molecule has 1 aromatic rings. The lowest BCUT2D eigenvalue weighted by atomic mass is 9.69. The Hall–Kier alpha value is -0.820. The maximum atomic E-state index is 2.50. The minimum Gasteiger partial charge on any atom is -0.303 e. The van der Waals surface area contributed by atoms with Crippen LogP contribution in [0.4, 0.5) is 0 Å². The summed E-state index contributed by atoms with van der Waals surface area (Å²) in [6.45, 7) is 9.23. The lowest BCUT2D eigenvalue weighted by molar-refractivity contribution is 0.0682. The van der Waals surface area contributed by atoms with E-state index in [1.807, 2.05) is 0 Å². The molecule has 1 saturated carbocycles. The molecule has 0 heterocycles. The highest BCUT2D eigenvalue weighted by atomic mass is 15.1. The Morgan fingerprint density at radius 3 is 2.24 bits per heavy atom. The normalized spacial score (nSPS) is 26.6. The Labute approximate surface area is 131 Å². The van der Waals surface area contributed by atoms with E-state index in [0.29, 0.717) is 5.54 Å². The molecule has 0 amide bonds. The van der Waals surface area contributed by atoms with Crippen molar-refractivity contribution in [2.24, 2.45) is 11.8 Å². The van der Waals surface area contributed by atoms with Gasteiger partial charge in [0.15, 0.2) is 0 Å². The Morgan fingerprint density at radius 2 is 1.76 bits per heavy atom. The molecule has 0 radical (unpaired) electrons. The van der Waals surface area contributed by atoms with Crippen molar-refractivity contribution in [3.05, 3.63) is 34.9 Å². The third-order valence-electron chi connectivity index (χ3n) is 5.87. The summed E-state index contributed by atoms with van der Waals surface area (Å²) in [4.78, 5) is 2.50. The number of hydrogen-bond acceptors (Lipinski definition) is 1. The van der Waals surface area contributed by atoms with Crippen LogP contribution in [0.3, 0.4) is 0 Å². The molecule has 118 valence electrons. The fourth-order valence-electron chi connectivity index (χ4n) is 4.02. The molecular weight excluding hydrogens is 254 g/mol. The van der Waals surface area contributed by atoms with Crippen molar-refractivity contribution < 1.29 is 0 Å². The maximum absolute atomic E-state index is 2.50. The SMILES string of the molecule is Cc1ccc(CC2(N(C)C)CCC(C(C)C)CC2)c(C)c1. The minimum atomic E-state index is 0.366. The van der Waals surface area contributed by atoms with Crippen LogP contribution in [0.25, 0.3) is 0 Å². The van der Waals surface area contributed by atoms with Crippen molar-refractivity contribution in [3.8, 4) is 0 Å². The predicted octanol–water partition coefficient (Wildman–Crippen LogP) is 4.99. The van der Waals surface area contributed by atoms with Crippen LogP contribution in [0.2, 0.25) is 0 Å². The predicted molar refractivity (Wildman–Crippen MR) is 92.8 cm³/mol. The highest BCUT2D eigenvalue weighted by molar-refractivity contribution is 5.32. The highest BCUT2D eigenvalue weighted by Gasteiger charge is 2.38. The largest absolute Gasteiger partial charge is 0.303 e. The standard InChI is InChI=1S/C20H33N/c1-15(2)18-9-11-20(12-10-18,21(5)6)14-19-8-7-16(3)13-17(19)4/h7-8,13,15,18H,9-12,14H2,1-6H3. The molecule has 1 aliphatic rings. The summed E-state index contributed by atoms with van der Waals surface area (Å²) < 4.78 is 0. The van der Waals surface area contributed by atoms with E-state index >= 15 is 0 Å². The average Bonchev–Trinajstić information content (AvgIpc) is 2.42. The summed E-state index contributed by atoms with van der Waals surface area (Å²) in [5, 5.41) is 0.